The Morgan fingerprint density at radius 2 is 0.946 bits per heavy atom. The summed E-state index contributed by atoms with van der Waals surface area (Å²) in [6.07, 6.45) is -1.22. The van der Waals surface area contributed by atoms with E-state index in [-0.39, 0.29) is 5.91 Å². The second-order valence-electron chi connectivity index (χ2n) is 10.6. The smallest absolute Gasteiger partial charge is 0.246 e. The molecule has 0 aromatic heterocycles. The van der Waals surface area contributed by atoms with Crippen LogP contribution in [0.1, 0.15) is 6.92 Å². The minimum atomic E-state index is -1.22. The van der Waals surface area contributed by atoms with E-state index in [1.54, 1.807) is 6.92 Å². The average molecular weight is 491 g/mol. The molecule has 0 unspecified atom stereocenters. The summed E-state index contributed by atoms with van der Waals surface area (Å²) < 4.78 is 0.858. The van der Waals surface area contributed by atoms with Gasteiger partial charge in [0.25, 0.3) is 0 Å². The Morgan fingerprint density at radius 1 is 0.649 bits per heavy atom. The van der Waals surface area contributed by atoms with Gasteiger partial charge in [-0.25, -0.2) is 0 Å². The highest BCUT2D eigenvalue weighted by Gasteiger charge is 2.31. The molecule has 0 aliphatic rings. The maximum Gasteiger partial charge on any atom is 0.246 e. The summed E-state index contributed by atoms with van der Waals surface area (Å²) in [4.78, 5) is 11.0. The Bertz CT molecular complexity index is 1090. The molecule has 1 N–H and O–H groups in total. The van der Waals surface area contributed by atoms with Crippen LogP contribution in [0.4, 0.5) is 0 Å². The molecule has 0 saturated heterocycles. The van der Waals surface area contributed by atoms with E-state index in [1.165, 1.54) is 21.9 Å². The first-order valence-corrected chi connectivity index (χ1v) is 12.9. The Morgan fingerprint density at radius 3 is 1.19 bits per heavy atom. The van der Waals surface area contributed by atoms with Crippen LogP contribution in [0.5, 0.6) is 0 Å². The summed E-state index contributed by atoms with van der Waals surface area (Å²) in [6.45, 7) is 6.90. The van der Waals surface area contributed by atoms with Crippen LogP contribution in [0, 0.1) is 0 Å². The number of hydrogen-bond acceptors (Lipinski definition) is 1. The highest BCUT2D eigenvalue weighted by Crippen LogP contribution is 2.09. The third-order valence-corrected chi connectivity index (χ3v) is 6.65. The van der Waals surface area contributed by atoms with Crippen molar-refractivity contribution in [2.45, 2.75) is 6.92 Å². The molecule has 4 rings (SSSR count). The van der Waals surface area contributed by atoms with Gasteiger partial charge in [-0.3, -0.25) is 4.79 Å². The number of amides is 1. The fourth-order valence-corrected chi connectivity index (χ4v) is 4.78. The van der Waals surface area contributed by atoms with E-state index in [1.807, 2.05) is 0 Å². The lowest BCUT2D eigenvalue weighted by molar-refractivity contribution is -0.869. The maximum absolute atomic E-state index is 11.0. The number of benzene rings is 4. The monoisotopic (exact) mass is 490 g/mol. The number of carbonyl (C=O) groups is 1. The fourth-order valence-electron chi connectivity index (χ4n) is 4.78. The quantitative estimate of drug-likeness (QED) is 0.229. The van der Waals surface area contributed by atoms with E-state index in [9.17, 15) is 4.79 Å². The summed E-state index contributed by atoms with van der Waals surface area (Å²) >= 11 is 0. The number of rotatable bonds is 8. The number of nitrogens with one attached hydrogen (secondary N) is 1. The molecule has 0 radical (unpaired) electrons. The molecular formula is C33H39BN2O. The molecule has 0 fully saturated rings. The van der Waals surface area contributed by atoms with Crippen molar-refractivity contribution in [1.29, 1.82) is 0 Å². The molecule has 4 aromatic carbocycles. The van der Waals surface area contributed by atoms with Crippen molar-refractivity contribution in [2.24, 2.45) is 0 Å². The van der Waals surface area contributed by atoms with Gasteiger partial charge in [0.1, 0.15) is 6.15 Å². The highest BCUT2D eigenvalue weighted by molar-refractivity contribution is 7.19. The standard InChI is InChI=1S/C24H20B.C9H18N2O/c1-5-13-21(14-6-1)25(22-15-7-2-8-16-22,23-17-9-3-10-18-23)24-19-11-4-12-20-24;1-8(2)9(12)10-6-7-11(3,4)5/h1-20H;1,6-7H2,2-5H3/q-1;/p+1. The Hall–Kier alpha value is -3.89. The molecule has 190 valence electrons. The van der Waals surface area contributed by atoms with E-state index >= 15 is 0 Å². The van der Waals surface area contributed by atoms with Crippen LogP contribution in [0.2, 0.25) is 0 Å². The van der Waals surface area contributed by atoms with Crippen molar-refractivity contribution in [3.05, 3.63) is 133 Å². The van der Waals surface area contributed by atoms with E-state index < -0.39 is 6.15 Å². The highest BCUT2D eigenvalue weighted by atomic mass is 16.1. The molecule has 0 atom stereocenters. The number of hydrogen-bond donors (Lipinski definition) is 1. The van der Waals surface area contributed by atoms with E-state index in [4.69, 9.17) is 0 Å². The maximum atomic E-state index is 11.0. The Labute approximate surface area is 223 Å². The van der Waals surface area contributed by atoms with Crippen molar-refractivity contribution < 1.29 is 9.28 Å². The molecule has 4 heteroatoms. The second-order valence-corrected chi connectivity index (χ2v) is 10.6. The molecule has 3 nitrogen and oxygen atoms in total. The van der Waals surface area contributed by atoms with Crippen LogP contribution in [0.25, 0.3) is 0 Å². The molecule has 37 heavy (non-hydrogen) atoms. The van der Waals surface area contributed by atoms with Gasteiger partial charge in [0.05, 0.1) is 34.2 Å². The fraction of sp³-hybridized carbons (Fsp3) is 0.182. The van der Waals surface area contributed by atoms with E-state index in [0.717, 1.165) is 11.0 Å². The first kappa shape index (κ1) is 27.7. The molecule has 0 aliphatic carbocycles. The minimum absolute atomic E-state index is 0.0524. The van der Waals surface area contributed by atoms with Gasteiger partial charge in [0.2, 0.25) is 5.91 Å². The number of carbonyl (C=O) groups excluding carboxylic acids is 1. The van der Waals surface area contributed by atoms with E-state index in [2.05, 4.69) is 154 Å². The third kappa shape index (κ3) is 7.31. The van der Waals surface area contributed by atoms with Gasteiger partial charge in [0.15, 0.2) is 0 Å². The average Bonchev–Trinajstić information content (AvgIpc) is 2.91. The third-order valence-electron chi connectivity index (χ3n) is 6.65. The zero-order valence-electron chi connectivity index (χ0n) is 22.6. The second kappa shape index (κ2) is 12.9. The van der Waals surface area contributed by atoms with Crippen molar-refractivity contribution in [3.8, 4) is 0 Å². The van der Waals surface area contributed by atoms with Crippen LogP contribution in [0.15, 0.2) is 133 Å². The van der Waals surface area contributed by atoms with Crippen molar-refractivity contribution in [3.63, 3.8) is 0 Å². The summed E-state index contributed by atoms with van der Waals surface area (Å²) in [6, 6.07) is 43.5. The lowest BCUT2D eigenvalue weighted by atomic mass is 9.13. The van der Waals surface area contributed by atoms with Crippen LogP contribution in [0.3, 0.4) is 0 Å². The Kier molecular flexibility index (Phi) is 9.65. The van der Waals surface area contributed by atoms with Crippen molar-refractivity contribution in [2.75, 3.05) is 34.2 Å². The van der Waals surface area contributed by atoms with Crippen LogP contribution in [-0.2, 0) is 4.79 Å². The van der Waals surface area contributed by atoms with Gasteiger partial charge in [-0.05, 0) is 6.92 Å². The Balaban J connectivity index is 0.000000270. The summed E-state index contributed by atoms with van der Waals surface area (Å²) in [5, 5.41) is 2.78. The largest absolute Gasteiger partial charge is 0.347 e. The summed E-state index contributed by atoms with van der Waals surface area (Å²) in [7, 11) is 6.27. The lowest BCUT2D eigenvalue weighted by Gasteiger charge is -2.44. The number of quaternary nitrogens is 1. The van der Waals surface area contributed by atoms with E-state index in [0.29, 0.717) is 12.1 Å². The topological polar surface area (TPSA) is 29.1 Å². The number of likely N-dealkylation sites (N-methyl/N-ethyl adjacent to an activating group) is 1. The van der Waals surface area contributed by atoms with Crippen LogP contribution >= 0.6 is 0 Å². The predicted molar refractivity (Wildman–Crippen MR) is 161 cm³/mol. The molecule has 0 heterocycles. The van der Waals surface area contributed by atoms with Crippen LogP contribution in [-0.4, -0.2) is 50.8 Å². The minimum Gasteiger partial charge on any atom is -0.347 e. The van der Waals surface area contributed by atoms with Crippen molar-refractivity contribution >= 4 is 33.9 Å². The van der Waals surface area contributed by atoms with Gasteiger partial charge >= 0.3 is 0 Å². The molecule has 0 spiro atoms. The summed E-state index contributed by atoms with van der Waals surface area (Å²) in [5.74, 6) is -0.0524. The first-order chi connectivity index (χ1) is 17.7. The van der Waals surface area contributed by atoms with Gasteiger partial charge in [-0.1, -0.05) is 128 Å². The van der Waals surface area contributed by atoms with Gasteiger partial charge < -0.3 is 9.80 Å². The van der Waals surface area contributed by atoms with Crippen molar-refractivity contribution in [1.82, 2.24) is 5.32 Å². The summed E-state index contributed by atoms with van der Waals surface area (Å²) in [5.41, 5.74) is 5.92. The first-order valence-electron chi connectivity index (χ1n) is 12.9. The van der Waals surface area contributed by atoms with Gasteiger partial charge in [-0.15, -0.1) is 0 Å². The molecule has 0 bridgehead atoms. The van der Waals surface area contributed by atoms with Gasteiger partial charge in [-0.2, -0.15) is 21.9 Å². The molecular weight excluding hydrogens is 451 g/mol. The molecule has 0 saturated carbocycles. The zero-order chi connectivity index (χ0) is 26.7. The zero-order valence-corrected chi connectivity index (χ0v) is 22.6. The SMILES string of the molecule is C=C(C)C(=O)NCC[N+](C)(C)C.c1ccc([B-](c2ccccc2)(c2ccccc2)c2ccccc2)cc1. The predicted octanol–water partition coefficient (Wildman–Crippen LogP) is 3.45. The molecule has 1 amide bonds. The number of nitrogens with zero attached hydrogens (tertiary/aromatic N) is 1. The van der Waals surface area contributed by atoms with Gasteiger partial charge in [0, 0.05) is 5.57 Å². The normalized spacial score (nSPS) is 11.1. The molecule has 4 aromatic rings. The molecule has 0 aliphatic heterocycles. The van der Waals surface area contributed by atoms with Crippen LogP contribution < -0.4 is 27.2 Å². The lowest BCUT2D eigenvalue weighted by Crippen LogP contribution is -2.74.